The Hall–Kier alpha value is -2.50. The van der Waals surface area contributed by atoms with Crippen molar-refractivity contribution in [2.45, 2.75) is 25.4 Å². The summed E-state index contributed by atoms with van der Waals surface area (Å²) in [4.78, 5) is 14.4. The van der Waals surface area contributed by atoms with E-state index in [4.69, 9.17) is 4.74 Å². The van der Waals surface area contributed by atoms with E-state index in [0.717, 1.165) is 37.4 Å². The minimum atomic E-state index is -0.0557. The fourth-order valence-electron chi connectivity index (χ4n) is 2.79. The van der Waals surface area contributed by atoms with Crippen molar-refractivity contribution in [1.29, 1.82) is 0 Å². The Morgan fingerprint density at radius 2 is 2.23 bits per heavy atom. The molecule has 2 amide bonds. The minimum Gasteiger partial charge on any atom is -0.497 e. The number of nitrogens with one attached hydrogen (secondary N) is 1. The molecule has 1 aromatic heterocycles. The summed E-state index contributed by atoms with van der Waals surface area (Å²) in [6, 6.07) is 9.39. The van der Waals surface area contributed by atoms with Crippen LogP contribution in [0, 0.1) is 0 Å². The molecule has 6 nitrogen and oxygen atoms in total. The topological polar surface area (TPSA) is 59.4 Å². The van der Waals surface area contributed by atoms with Gasteiger partial charge in [-0.2, -0.15) is 5.10 Å². The van der Waals surface area contributed by atoms with Gasteiger partial charge in [0.15, 0.2) is 0 Å². The molecule has 6 heteroatoms. The Morgan fingerprint density at radius 1 is 1.41 bits per heavy atom. The highest BCUT2D eigenvalue weighted by Crippen LogP contribution is 2.21. The zero-order valence-electron chi connectivity index (χ0n) is 12.6. The molecule has 1 aromatic carbocycles. The zero-order valence-corrected chi connectivity index (χ0v) is 12.6. The smallest absolute Gasteiger partial charge is 0.322 e. The number of benzene rings is 1. The summed E-state index contributed by atoms with van der Waals surface area (Å²) in [5.74, 6) is 0.774. The lowest BCUT2D eigenvalue weighted by Gasteiger charge is -2.25. The van der Waals surface area contributed by atoms with E-state index in [1.807, 2.05) is 46.1 Å². The van der Waals surface area contributed by atoms with Gasteiger partial charge in [-0.15, -0.1) is 0 Å². The van der Waals surface area contributed by atoms with Crippen molar-refractivity contribution in [2.75, 3.05) is 19.0 Å². The molecular weight excluding hydrogens is 280 g/mol. The number of carbonyl (C=O) groups is 1. The van der Waals surface area contributed by atoms with Crippen LogP contribution in [0.4, 0.5) is 10.5 Å². The van der Waals surface area contributed by atoms with Crippen molar-refractivity contribution in [3.63, 3.8) is 0 Å². The Morgan fingerprint density at radius 3 is 2.91 bits per heavy atom. The Bertz CT molecular complexity index is 610. The number of hydrogen-bond acceptors (Lipinski definition) is 3. The van der Waals surface area contributed by atoms with E-state index < -0.39 is 0 Å². The molecule has 2 heterocycles. The van der Waals surface area contributed by atoms with Gasteiger partial charge in [0.05, 0.1) is 19.7 Å². The fraction of sp³-hybridized carbons (Fsp3) is 0.375. The van der Waals surface area contributed by atoms with Crippen LogP contribution in [0.2, 0.25) is 0 Å². The van der Waals surface area contributed by atoms with Crippen LogP contribution in [0.25, 0.3) is 0 Å². The molecule has 3 rings (SSSR count). The van der Waals surface area contributed by atoms with Gasteiger partial charge in [0.1, 0.15) is 5.75 Å². The monoisotopic (exact) mass is 300 g/mol. The molecule has 1 N–H and O–H groups in total. The lowest BCUT2D eigenvalue weighted by Crippen LogP contribution is -2.40. The normalized spacial score (nSPS) is 17.5. The molecule has 1 saturated heterocycles. The van der Waals surface area contributed by atoms with Gasteiger partial charge in [-0.25, -0.2) is 4.79 Å². The molecular formula is C16H20N4O2. The van der Waals surface area contributed by atoms with Crippen molar-refractivity contribution in [2.24, 2.45) is 0 Å². The summed E-state index contributed by atoms with van der Waals surface area (Å²) in [6.07, 6.45) is 5.73. The second-order valence-electron chi connectivity index (χ2n) is 5.38. The van der Waals surface area contributed by atoms with Crippen LogP contribution in [-0.4, -0.2) is 40.4 Å². The fourth-order valence-corrected chi connectivity index (χ4v) is 2.79. The second-order valence-corrected chi connectivity index (χ2v) is 5.38. The molecule has 1 atom stereocenters. The number of methoxy groups -OCH3 is 1. The summed E-state index contributed by atoms with van der Waals surface area (Å²) in [5.41, 5.74) is 0.774. The van der Waals surface area contributed by atoms with Crippen LogP contribution < -0.4 is 10.1 Å². The number of urea groups is 1. The number of aromatic nitrogens is 2. The van der Waals surface area contributed by atoms with Crippen molar-refractivity contribution < 1.29 is 9.53 Å². The first kappa shape index (κ1) is 14.4. The van der Waals surface area contributed by atoms with Gasteiger partial charge < -0.3 is 15.0 Å². The first-order valence-corrected chi connectivity index (χ1v) is 7.45. The molecule has 0 radical (unpaired) electrons. The summed E-state index contributed by atoms with van der Waals surface area (Å²) in [7, 11) is 1.62. The van der Waals surface area contributed by atoms with E-state index in [-0.39, 0.29) is 12.1 Å². The Kier molecular flexibility index (Phi) is 4.27. The molecule has 1 fully saturated rings. The highest BCUT2D eigenvalue weighted by Gasteiger charge is 2.29. The van der Waals surface area contributed by atoms with E-state index in [1.54, 1.807) is 13.3 Å². The molecule has 0 saturated carbocycles. The summed E-state index contributed by atoms with van der Waals surface area (Å²) in [6.45, 7) is 1.52. The number of nitrogens with zero attached hydrogens (tertiary/aromatic N) is 3. The highest BCUT2D eigenvalue weighted by molar-refractivity contribution is 5.89. The van der Waals surface area contributed by atoms with E-state index >= 15 is 0 Å². The third kappa shape index (κ3) is 3.21. The molecule has 116 valence electrons. The van der Waals surface area contributed by atoms with Gasteiger partial charge in [-0.1, -0.05) is 0 Å². The van der Waals surface area contributed by atoms with Crippen molar-refractivity contribution in [3.05, 3.63) is 42.7 Å². The van der Waals surface area contributed by atoms with Crippen LogP contribution in [-0.2, 0) is 6.54 Å². The van der Waals surface area contributed by atoms with Crippen LogP contribution in [0.5, 0.6) is 5.75 Å². The van der Waals surface area contributed by atoms with Gasteiger partial charge in [-0.05, 0) is 43.2 Å². The lowest BCUT2D eigenvalue weighted by atomic mass is 10.2. The van der Waals surface area contributed by atoms with Crippen molar-refractivity contribution in [3.8, 4) is 5.75 Å². The molecule has 22 heavy (non-hydrogen) atoms. The summed E-state index contributed by atoms with van der Waals surface area (Å²) >= 11 is 0. The summed E-state index contributed by atoms with van der Waals surface area (Å²) in [5, 5.41) is 7.17. The number of ether oxygens (including phenoxy) is 1. The maximum atomic E-state index is 12.5. The number of carbonyl (C=O) groups excluding carboxylic acids is 1. The molecule has 0 spiro atoms. The standard InChI is InChI=1S/C16H20N4O2/c1-22-15-7-5-13(6-8-15)18-16(21)20-11-2-4-14(20)12-19-10-3-9-17-19/h3,5-10,14H,2,4,11-12H2,1H3,(H,18,21). The molecule has 0 bridgehead atoms. The van der Waals surface area contributed by atoms with E-state index in [1.165, 1.54) is 0 Å². The van der Waals surface area contributed by atoms with Crippen LogP contribution in [0.1, 0.15) is 12.8 Å². The number of likely N-dealkylation sites (tertiary alicyclic amines) is 1. The molecule has 1 unspecified atom stereocenters. The largest absolute Gasteiger partial charge is 0.497 e. The SMILES string of the molecule is COc1ccc(NC(=O)N2CCCC2Cn2cccn2)cc1. The average molecular weight is 300 g/mol. The number of hydrogen-bond donors (Lipinski definition) is 1. The van der Waals surface area contributed by atoms with Gasteiger partial charge in [-0.3, -0.25) is 4.68 Å². The average Bonchev–Trinajstić information content (AvgIpc) is 3.20. The van der Waals surface area contributed by atoms with Crippen molar-refractivity contribution in [1.82, 2.24) is 14.7 Å². The number of rotatable bonds is 4. The third-order valence-corrected chi connectivity index (χ3v) is 3.94. The first-order valence-electron chi connectivity index (χ1n) is 7.45. The molecule has 2 aromatic rings. The van der Waals surface area contributed by atoms with Gasteiger partial charge in [0, 0.05) is 24.6 Å². The molecule has 0 aliphatic carbocycles. The van der Waals surface area contributed by atoms with Gasteiger partial charge in [0.2, 0.25) is 0 Å². The predicted molar refractivity (Wildman–Crippen MR) is 84.0 cm³/mol. The number of amides is 2. The molecule has 1 aliphatic heterocycles. The minimum absolute atomic E-state index is 0.0557. The quantitative estimate of drug-likeness (QED) is 0.944. The van der Waals surface area contributed by atoms with Crippen LogP contribution in [0.15, 0.2) is 42.7 Å². The lowest BCUT2D eigenvalue weighted by molar-refractivity contribution is 0.199. The first-order chi connectivity index (χ1) is 10.8. The van der Waals surface area contributed by atoms with Gasteiger partial charge >= 0.3 is 6.03 Å². The van der Waals surface area contributed by atoms with E-state index in [9.17, 15) is 4.79 Å². The molecule has 1 aliphatic rings. The second kappa shape index (κ2) is 6.51. The zero-order chi connectivity index (χ0) is 15.4. The third-order valence-electron chi connectivity index (χ3n) is 3.94. The Labute approximate surface area is 129 Å². The predicted octanol–water partition coefficient (Wildman–Crippen LogP) is 2.59. The van der Waals surface area contributed by atoms with E-state index in [0.29, 0.717) is 0 Å². The van der Waals surface area contributed by atoms with Crippen molar-refractivity contribution >= 4 is 11.7 Å². The Balaban J connectivity index is 1.62. The maximum Gasteiger partial charge on any atom is 0.322 e. The van der Waals surface area contributed by atoms with E-state index in [2.05, 4.69) is 10.4 Å². The maximum absolute atomic E-state index is 12.5. The summed E-state index contributed by atoms with van der Waals surface area (Å²) < 4.78 is 7.00. The van der Waals surface area contributed by atoms with Crippen LogP contribution >= 0.6 is 0 Å². The van der Waals surface area contributed by atoms with Crippen LogP contribution in [0.3, 0.4) is 0 Å². The van der Waals surface area contributed by atoms with Gasteiger partial charge in [0.25, 0.3) is 0 Å². The highest BCUT2D eigenvalue weighted by atomic mass is 16.5. The number of anilines is 1.